The molecule has 0 radical (unpaired) electrons. The molecule has 0 aliphatic carbocycles. The molecule has 0 aliphatic heterocycles. The molecule has 2 aromatic rings. The van der Waals surface area contributed by atoms with Crippen LogP contribution in [0.1, 0.15) is 42.5 Å². The summed E-state index contributed by atoms with van der Waals surface area (Å²) < 4.78 is 0. The molecule has 1 nitrogen and oxygen atoms in total. The summed E-state index contributed by atoms with van der Waals surface area (Å²) >= 11 is 1.75. The second-order valence-electron chi connectivity index (χ2n) is 5.10. The molecule has 0 saturated carbocycles. The monoisotopic (exact) mass is 285 g/mol. The van der Waals surface area contributed by atoms with Gasteiger partial charge < -0.3 is 5.73 Å². The van der Waals surface area contributed by atoms with Gasteiger partial charge in [0.05, 0.1) is 6.04 Å². The van der Waals surface area contributed by atoms with Gasteiger partial charge in [0.2, 0.25) is 0 Å². The van der Waals surface area contributed by atoms with E-state index in [2.05, 4.69) is 61.7 Å². The Morgan fingerprint density at radius 3 is 2.00 bits per heavy atom. The summed E-state index contributed by atoms with van der Waals surface area (Å²) in [5, 5.41) is 0. The third kappa shape index (κ3) is 3.87. The van der Waals surface area contributed by atoms with Gasteiger partial charge in [-0.2, -0.15) is 0 Å². The molecule has 1 unspecified atom stereocenters. The molecular formula is C18H23NS. The summed E-state index contributed by atoms with van der Waals surface area (Å²) in [6, 6.07) is 17.2. The van der Waals surface area contributed by atoms with Crippen LogP contribution in [0, 0.1) is 0 Å². The third-order valence-electron chi connectivity index (χ3n) is 3.63. The highest BCUT2D eigenvalue weighted by Crippen LogP contribution is 2.23. The van der Waals surface area contributed by atoms with Crippen LogP contribution >= 0.6 is 11.8 Å². The lowest BCUT2D eigenvalue weighted by molar-refractivity contribution is 0.793. The highest BCUT2D eigenvalue weighted by atomic mass is 32.2. The second-order valence-corrected chi connectivity index (χ2v) is 5.98. The van der Waals surface area contributed by atoms with Crippen molar-refractivity contribution in [2.24, 2.45) is 5.73 Å². The standard InChI is InChI=1S/C18H23NS/c1-3-4-5-14-6-8-15(9-7-14)18(19)16-10-12-17(20-2)13-11-16/h6-13,18H,3-5,19H2,1-2H3. The summed E-state index contributed by atoms with van der Waals surface area (Å²) in [7, 11) is 0. The Balaban J connectivity index is 2.09. The average molecular weight is 285 g/mol. The number of hydrogen-bond acceptors (Lipinski definition) is 2. The number of aryl methyl sites for hydroxylation is 1. The maximum Gasteiger partial charge on any atom is 0.0551 e. The Morgan fingerprint density at radius 2 is 1.50 bits per heavy atom. The molecule has 0 spiro atoms. The van der Waals surface area contributed by atoms with Crippen molar-refractivity contribution in [2.75, 3.05) is 6.26 Å². The van der Waals surface area contributed by atoms with Gasteiger partial charge in [0.15, 0.2) is 0 Å². The van der Waals surface area contributed by atoms with E-state index in [4.69, 9.17) is 5.73 Å². The molecule has 0 amide bonds. The summed E-state index contributed by atoms with van der Waals surface area (Å²) in [6.07, 6.45) is 5.74. The normalized spacial score (nSPS) is 12.3. The van der Waals surface area contributed by atoms with Crippen molar-refractivity contribution >= 4 is 11.8 Å². The second kappa shape index (κ2) is 7.51. The van der Waals surface area contributed by atoms with E-state index >= 15 is 0 Å². The maximum absolute atomic E-state index is 6.35. The molecule has 20 heavy (non-hydrogen) atoms. The molecule has 0 aromatic heterocycles. The third-order valence-corrected chi connectivity index (χ3v) is 4.38. The van der Waals surface area contributed by atoms with Crippen LogP contribution in [-0.2, 0) is 6.42 Å². The lowest BCUT2D eigenvalue weighted by atomic mass is 9.97. The maximum atomic E-state index is 6.35. The molecule has 0 fully saturated rings. The predicted molar refractivity (Wildman–Crippen MR) is 89.3 cm³/mol. The minimum atomic E-state index is -0.0360. The number of nitrogens with two attached hydrogens (primary N) is 1. The number of benzene rings is 2. The lowest BCUT2D eigenvalue weighted by Gasteiger charge is -2.13. The SMILES string of the molecule is CCCCc1ccc(C(N)c2ccc(SC)cc2)cc1. The van der Waals surface area contributed by atoms with E-state index in [1.165, 1.54) is 34.4 Å². The van der Waals surface area contributed by atoms with E-state index in [0.717, 1.165) is 6.42 Å². The van der Waals surface area contributed by atoms with Gasteiger partial charge in [-0.15, -0.1) is 11.8 Å². The quantitative estimate of drug-likeness (QED) is 0.772. The van der Waals surface area contributed by atoms with Gasteiger partial charge in [-0.1, -0.05) is 49.7 Å². The number of hydrogen-bond donors (Lipinski definition) is 1. The zero-order valence-corrected chi connectivity index (χ0v) is 13.1. The molecular weight excluding hydrogens is 262 g/mol. The fraction of sp³-hybridized carbons (Fsp3) is 0.333. The minimum Gasteiger partial charge on any atom is -0.320 e. The molecule has 0 aliphatic rings. The zero-order valence-electron chi connectivity index (χ0n) is 12.3. The van der Waals surface area contributed by atoms with Crippen LogP contribution in [0.25, 0.3) is 0 Å². The van der Waals surface area contributed by atoms with Crippen LogP contribution in [0.4, 0.5) is 0 Å². The molecule has 106 valence electrons. The largest absolute Gasteiger partial charge is 0.320 e. The van der Waals surface area contributed by atoms with Gasteiger partial charge in [-0.3, -0.25) is 0 Å². The highest BCUT2D eigenvalue weighted by Gasteiger charge is 2.08. The number of unbranched alkanes of at least 4 members (excludes halogenated alkanes) is 1. The fourth-order valence-corrected chi connectivity index (χ4v) is 2.68. The molecule has 0 saturated heterocycles. The van der Waals surface area contributed by atoms with Crippen LogP contribution in [0.2, 0.25) is 0 Å². The van der Waals surface area contributed by atoms with Crippen molar-refractivity contribution in [3.8, 4) is 0 Å². The van der Waals surface area contributed by atoms with E-state index in [9.17, 15) is 0 Å². The van der Waals surface area contributed by atoms with E-state index in [0.29, 0.717) is 0 Å². The van der Waals surface area contributed by atoms with Gasteiger partial charge in [-0.25, -0.2) is 0 Å². The number of rotatable bonds is 6. The first-order valence-corrected chi connectivity index (χ1v) is 8.45. The molecule has 2 rings (SSSR count). The van der Waals surface area contributed by atoms with Crippen LogP contribution in [0.3, 0.4) is 0 Å². The van der Waals surface area contributed by atoms with Crippen molar-refractivity contribution in [2.45, 2.75) is 37.1 Å². The minimum absolute atomic E-state index is 0.0360. The Bertz CT molecular complexity index is 516. The molecule has 0 heterocycles. The van der Waals surface area contributed by atoms with Gasteiger partial charge in [0, 0.05) is 4.90 Å². The van der Waals surface area contributed by atoms with Crippen LogP contribution in [0.15, 0.2) is 53.4 Å². The fourth-order valence-electron chi connectivity index (χ4n) is 2.28. The van der Waals surface area contributed by atoms with Crippen molar-refractivity contribution in [3.63, 3.8) is 0 Å². The predicted octanol–water partition coefficient (Wildman–Crippen LogP) is 4.80. The lowest BCUT2D eigenvalue weighted by Crippen LogP contribution is -2.11. The average Bonchev–Trinajstić information content (AvgIpc) is 2.53. The zero-order chi connectivity index (χ0) is 14.4. The first-order valence-electron chi connectivity index (χ1n) is 7.23. The summed E-state index contributed by atoms with van der Waals surface area (Å²) in [6.45, 7) is 2.22. The Kier molecular flexibility index (Phi) is 5.69. The van der Waals surface area contributed by atoms with Gasteiger partial charge in [0.25, 0.3) is 0 Å². The molecule has 1 atom stereocenters. The van der Waals surface area contributed by atoms with Gasteiger partial charge >= 0.3 is 0 Å². The van der Waals surface area contributed by atoms with E-state index in [1.54, 1.807) is 11.8 Å². The van der Waals surface area contributed by atoms with Crippen LogP contribution in [0.5, 0.6) is 0 Å². The molecule has 2 aromatic carbocycles. The summed E-state index contributed by atoms with van der Waals surface area (Å²) in [5.41, 5.74) is 10.1. The first-order chi connectivity index (χ1) is 9.74. The Labute approximate surface area is 126 Å². The topological polar surface area (TPSA) is 26.0 Å². The Hall–Kier alpha value is -1.25. The summed E-state index contributed by atoms with van der Waals surface area (Å²) in [5.74, 6) is 0. The Morgan fingerprint density at radius 1 is 0.950 bits per heavy atom. The summed E-state index contributed by atoms with van der Waals surface area (Å²) in [4.78, 5) is 1.27. The van der Waals surface area contributed by atoms with Gasteiger partial charge in [-0.05, 0) is 47.9 Å². The van der Waals surface area contributed by atoms with E-state index in [1.807, 2.05) is 0 Å². The molecule has 0 bridgehead atoms. The van der Waals surface area contributed by atoms with Crippen molar-refractivity contribution in [3.05, 3.63) is 65.2 Å². The van der Waals surface area contributed by atoms with Crippen molar-refractivity contribution in [1.29, 1.82) is 0 Å². The first kappa shape index (κ1) is 15.1. The molecule has 2 N–H and O–H groups in total. The van der Waals surface area contributed by atoms with E-state index in [-0.39, 0.29) is 6.04 Å². The van der Waals surface area contributed by atoms with Crippen molar-refractivity contribution < 1.29 is 0 Å². The number of thioether (sulfide) groups is 1. The van der Waals surface area contributed by atoms with Crippen LogP contribution in [-0.4, -0.2) is 6.26 Å². The molecule has 2 heteroatoms. The van der Waals surface area contributed by atoms with E-state index < -0.39 is 0 Å². The highest BCUT2D eigenvalue weighted by molar-refractivity contribution is 7.98. The van der Waals surface area contributed by atoms with Crippen molar-refractivity contribution in [1.82, 2.24) is 0 Å². The van der Waals surface area contributed by atoms with Crippen LogP contribution < -0.4 is 5.73 Å². The smallest absolute Gasteiger partial charge is 0.0551 e. The van der Waals surface area contributed by atoms with Gasteiger partial charge in [0.1, 0.15) is 0 Å².